The van der Waals surface area contributed by atoms with E-state index in [1.165, 1.54) is 0 Å². The number of carboxylic acid groups (broad SMARTS) is 1. The second kappa shape index (κ2) is 9.61. The Morgan fingerprint density at radius 1 is 1.37 bits per heavy atom. The number of methoxy groups -OCH3 is 1. The van der Waals surface area contributed by atoms with Crippen molar-refractivity contribution in [2.24, 2.45) is 0 Å². The lowest BCUT2D eigenvalue weighted by Gasteiger charge is -2.29. The summed E-state index contributed by atoms with van der Waals surface area (Å²) in [6, 6.07) is -0.507. The molecule has 0 saturated carbocycles. The van der Waals surface area contributed by atoms with Crippen LogP contribution in [0, 0.1) is 0 Å². The predicted molar refractivity (Wildman–Crippen MR) is 73.2 cm³/mol. The van der Waals surface area contributed by atoms with E-state index < -0.39 is 5.97 Å². The Hall–Kier alpha value is -1.30. The van der Waals surface area contributed by atoms with Crippen LogP contribution in [0.1, 0.15) is 40.0 Å². The third kappa shape index (κ3) is 7.66. The van der Waals surface area contributed by atoms with Crippen LogP contribution in [0.4, 0.5) is 4.79 Å². The molecule has 2 N–H and O–H groups in total. The second-order valence-corrected chi connectivity index (χ2v) is 4.81. The van der Waals surface area contributed by atoms with Gasteiger partial charge in [-0.05, 0) is 20.3 Å². The van der Waals surface area contributed by atoms with Crippen molar-refractivity contribution in [1.82, 2.24) is 10.2 Å². The van der Waals surface area contributed by atoms with Gasteiger partial charge in [0.25, 0.3) is 0 Å². The molecule has 0 saturated heterocycles. The molecular formula is C13H26N2O4. The van der Waals surface area contributed by atoms with Crippen molar-refractivity contribution in [3.63, 3.8) is 0 Å². The van der Waals surface area contributed by atoms with Crippen LogP contribution in [0.5, 0.6) is 0 Å². The number of aliphatic carboxylic acids is 1. The minimum Gasteiger partial charge on any atom is -0.481 e. The molecule has 0 rings (SSSR count). The van der Waals surface area contributed by atoms with Crippen molar-refractivity contribution >= 4 is 12.0 Å². The maximum atomic E-state index is 12.1. The smallest absolute Gasteiger partial charge is 0.317 e. The van der Waals surface area contributed by atoms with Crippen molar-refractivity contribution in [3.8, 4) is 0 Å². The fourth-order valence-electron chi connectivity index (χ4n) is 1.83. The molecule has 0 aromatic rings. The fraction of sp³-hybridized carbons (Fsp3) is 0.846. The molecule has 2 amide bonds. The summed E-state index contributed by atoms with van der Waals surface area (Å²) in [6.45, 7) is 6.75. The molecule has 6 heteroatoms. The Morgan fingerprint density at radius 3 is 2.42 bits per heavy atom. The molecule has 19 heavy (non-hydrogen) atoms. The monoisotopic (exact) mass is 274 g/mol. The minimum absolute atomic E-state index is 0.0438. The Labute approximate surface area is 115 Å². The highest BCUT2D eigenvalue weighted by molar-refractivity contribution is 5.76. The molecule has 0 aliphatic rings. The maximum absolute atomic E-state index is 12.1. The van der Waals surface area contributed by atoms with Gasteiger partial charge in [-0.2, -0.15) is 0 Å². The van der Waals surface area contributed by atoms with E-state index in [4.69, 9.17) is 9.84 Å². The van der Waals surface area contributed by atoms with Crippen LogP contribution < -0.4 is 5.32 Å². The van der Waals surface area contributed by atoms with Gasteiger partial charge in [-0.25, -0.2) is 4.79 Å². The largest absolute Gasteiger partial charge is 0.481 e. The van der Waals surface area contributed by atoms with Crippen LogP contribution in [-0.2, 0) is 9.53 Å². The number of amides is 2. The van der Waals surface area contributed by atoms with Gasteiger partial charge in [-0.15, -0.1) is 0 Å². The molecule has 6 nitrogen and oxygen atoms in total. The van der Waals surface area contributed by atoms with E-state index in [2.05, 4.69) is 5.32 Å². The molecule has 0 aliphatic carbocycles. The number of hydrogen-bond donors (Lipinski definition) is 2. The number of hydrogen-bond acceptors (Lipinski definition) is 3. The number of ether oxygens (including phenoxy) is 1. The van der Waals surface area contributed by atoms with E-state index in [0.29, 0.717) is 19.6 Å². The van der Waals surface area contributed by atoms with Crippen LogP contribution in [0.25, 0.3) is 0 Å². The second-order valence-electron chi connectivity index (χ2n) is 4.81. The van der Waals surface area contributed by atoms with E-state index in [1.54, 1.807) is 12.0 Å². The van der Waals surface area contributed by atoms with Crippen molar-refractivity contribution in [1.29, 1.82) is 0 Å². The lowest BCUT2D eigenvalue weighted by molar-refractivity contribution is -0.137. The Kier molecular flexibility index (Phi) is 8.95. The van der Waals surface area contributed by atoms with Gasteiger partial charge in [0.2, 0.25) is 0 Å². The summed E-state index contributed by atoms with van der Waals surface area (Å²) in [4.78, 5) is 24.5. The molecule has 0 fully saturated rings. The molecule has 0 bridgehead atoms. The van der Waals surface area contributed by atoms with Crippen molar-refractivity contribution in [3.05, 3.63) is 0 Å². The summed E-state index contributed by atoms with van der Waals surface area (Å²) in [5.41, 5.74) is 0. The number of nitrogens with one attached hydrogen (secondary N) is 1. The van der Waals surface area contributed by atoms with Gasteiger partial charge in [0.1, 0.15) is 0 Å². The van der Waals surface area contributed by atoms with Crippen molar-refractivity contribution in [2.75, 3.05) is 20.3 Å². The molecule has 0 radical (unpaired) electrons. The first kappa shape index (κ1) is 17.7. The SMILES string of the molecule is CCCC(CC(=O)O)NC(=O)N(CCOC)C(C)C. The fourth-order valence-corrected chi connectivity index (χ4v) is 1.83. The quantitative estimate of drug-likeness (QED) is 0.670. The number of carbonyl (C=O) groups is 2. The van der Waals surface area contributed by atoms with Crippen molar-refractivity contribution < 1.29 is 19.4 Å². The molecule has 112 valence electrons. The predicted octanol–water partition coefficient (Wildman–Crippen LogP) is 1.70. The maximum Gasteiger partial charge on any atom is 0.317 e. The molecular weight excluding hydrogens is 248 g/mol. The molecule has 0 aromatic heterocycles. The first-order valence-corrected chi connectivity index (χ1v) is 6.70. The zero-order valence-corrected chi connectivity index (χ0v) is 12.3. The normalized spacial score (nSPS) is 12.3. The van der Waals surface area contributed by atoms with Crippen LogP contribution in [0.2, 0.25) is 0 Å². The highest BCUT2D eigenvalue weighted by Crippen LogP contribution is 2.05. The summed E-state index contributed by atoms with van der Waals surface area (Å²) in [5, 5.41) is 11.6. The van der Waals surface area contributed by atoms with Gasteiger partial charge in [0.05, 0.1) is 13.0 Å². The number of carboxylic acids is 1. The highest BCUT2D eigenvalue weighted by atomic mass is 16.5. The molecule has 0 aromatic carbocycles. The Balaban J connectivity index is 4.51. The van der Waals surface area contributed by atoms with Crippen LogP contribution in [-0.4, -0.2) is 54.4 Å². The van der Waals surface area contributed by atoms with Gasteiger partial charge in [0.15, 0.2) is 0 Å². The number of nitrogens with zero attached hydrogens (tertiary/aromatic N) is 1. The Bertz CT molecular complexity index is 282. The average molecular weight is 274 g/mol. The minimum atomic E-state index is -0.897. The Morgan fingerprint density at radius 2 is 2.00 bits per heavy atom. The molecule has 0 heterocycles. The van der Waals surface area contributed by atoms with E-state index in [-0.39, 0.29) is 24.5 Å². The van der Waals surface area contributed by atoms with Gasteiger partial charge in [-0.1, -0.05) is 13.3 Å². The summed E-state index contributed by atoms with van der Waals surface area (Å²) in [6.07, 6.45) is 1.45. The van der Waals surface area contributed by atoms with Crippen LogP contribution in [0.3, 0.4) is 0 Å². The number of rotatable bonds is 9. The van der Waals surface area contributed by atoms with E-state index in [9.17, 15) is 9.59 Å². The van der Waals surface area contributed by atoms with Gasteiger partial charge >= 0.3 is 12.0 Å². The zero-order chi connectivity index (χ0) is 14.8. The van der Waals surface area contributed by atoms with Gasteiger partial charge in [-0.3, -0.25) is 4.79 Å². The van der Waals surface area contributed by atoms with Crippen LogP contribution >= 0.6 is 0 Å². The summed E-state index contributed by atoms with van der Waals surface area (Å²) in [5.74, 6) is -0.897. The summed E-state index contributed by atoms with van der Waals surface area (Å²) < 4.78 is 4.97. The van der Waals surface area contributed by atoms with E-state index in [0.717, 1.165) is 6.42 Å². The molecule has 0 spiro atoms. The highest BCUT2D eigenvalue weighted by Gasteiger charge is 2.21. The van der Waals surface area contributed by atoms with Crippen LogP contribution in [0.15, 0.2) is 0 Å². The lowest BCUT2D eigenvalue weighted by Crippen LogP contribution is -2.49. The number of carbonyl (C=O) groups excluding carboxylic acids is 1. The van der Waals surface area contributed by atoms with E-state index >= 15 is 0 Å². The topological polar surface area (TPSA) is 78.9 Å². The summed E-state index contributed by atoms with van der Waals surface area (Å²) >= 11 is 0. The molecule has 1 atom stereocenters. The first-order valence-electron chi connectivity index (χ1n) is 6.70. The van der Waals surface area contributed by atoms with Gasteiger partial charge in [0, 0.05) is 25.7 Å². The van der Waals surface area contributed by atoms with Gasteiger partial charge < -0.3 is 20.1 Å². The van der Waals surface area contributed by atoms with Crippen molar-refractivity contribution in [2.45, 2.75) is 52.1 Å². The molecule has 1 unspecified atom stereocenters. The third-order valence-corrected chi connectivity index (χ3v) is 2.81. The molecule has 0 aliphatic heterocycles. The zero-order valence-electron chi connectivity index (χ0n) is 12.3. The first-order chi connectivity index (χ1) is 8.92. The standard InChI is InChI=1S/C13H26N2O4/c1-5-6-11(9-12(16)17)14-13(18)15(10(2)3)7-8-19-4/h10-11H,5-9H2,1-4H3,(H,14,18)(H,16,17). The average Bonchev–Trinajstić information content (AvgIpc) is 2.28. The lowest BCUT2D eigenvalue weighted by atomic mass is 10.1. The van der Waals surface area contributed by atoms with E-state index in [1.807, 2.05) is 20.8 Å². The third-order valence-electron chi connectivity index (χ3n) is 2.81. The summed E-state index contributed by atoms with van der Waals surface area (Å²) in [7, 11) is 1.58. The number of urea groups is 1.